The third-order valence-electron chi connectivity index (χ3n) is 4.92. The molecule has 5 rings (SSSR count). The molecule has 28 heavy (non-hydrogen) atoms. The second-order valence-electron chi connectivity index (χ2n) is 7.06. The molecule has 6 nitrogen and oxygen atoms in total. The number of hydrogen-bond donors (Lipinski definition) is 4. The molecule has 0 saturated carbocycles. The molecule has 5 aromatic rings. The largest absolute Gasteiger partial charge is 0.368 e. The van der Waals surface area contributed by atoms with Crippen molar-refractivity contribution in [2.24, 2.45) is 0 Å². The highest BCUT2D eigenvalue weighted by Crippen LogP contribution is 2.26. The van der Waals surface area contributed by atoms with Crippen molar-refractivity contribution in [2.75, 3.05) is 11.1 Å². The fourth-order valence-corrected chi connectivity index (χ4v) is 3.58. The van der Waals surface area contributed by atoms with E-state index in [0.29, 0.717) is 6.42 Å². The average molecular weight is 368 g/mol. The molecule has 0 spiro atoms. The van der Waals surface area contributed by atoms with Gasteiger partial charge in [-0.3, -0.25) is 0 Å². The Bertz CT molecular complexity index is 1300. The minimum Gasteiger partial charge on any atom is -0.368 e. The van der Waals surface area contributed by atoms with Gasteiger partial charge in [0.25, 0.3) is 0 Å². The van der Waals surface area contributed by atoms with Crippen LogP contribution in [0, 0.1) is 6.92 Å². The number of anilines is 3. The molecule has 0 atom stereocenters. The van der Waals surface area contributed by atoms with Gasteiger partial charge in [-0.1, -0.05) is 12.1 Å². The zero-order chi connectivity index (χ0) is 19.1. The first-order chi connectivity index (χ1) is 13.6. The molecule has 0 amide bonds. The van der Waals surface area contributed by atoms with E-state index >= 15 is 0 Å². The van der Waals surface area contributed by atoms with Crippen molar-refractivity contribution >= 4 is 39.3 Å². The van der Waals surface area contributed by atoms with Crippen LogP contribution in [0.25, 0.3) is 21.8 Å². The number of aryl methyl sites for hydroxylation is 1. The second-order valence-corrected chi connectivity index (χ2v) is 7.06. The summed E-state index contributed by atoms with van der Waals surface area (Å²) in [6, 6.07) is 16.8. The van der Waals surface area contributed by atoms with Gasteiger partial charge < -0.3 is 21.0 Å². The van der Waals surface area contributed by atoms with Gasteiger partial charge in [-0.15, -0.1) is 0 Å². The molecule has 0 aliphatic rings. The summed E-state index contributed by atoms with van der Waals surface area (Å²) in [5.74, 6) is 0.982. The summed E-state index contributed by atoms with van der Waals surface area (Å²) in [7, 11) is 0. The fourth-order valence-electron chi connectivity index (χ4n) is 3.58. The lowest BCUT2D eigenvalue weighted by Crippen LogP contribution is -2.04. The van der Waals surface area contributed by atoms with E-state index in [1.165, 1.54) is 10.9 Å². The molecule has 5 N–H and O–H groups in total. The molecule has 0 saturated heterocycles. The van der Waals surface area contributed by atoms with Gasteiger partial charge in [0, 0.05) is 52.2 Å². The lowest BCUT2D eigenvalue weighted by atomic mass is 10.1. The van der Waals surface area contributed by atoms with Crippen LogP contribution < -0.4 is 11.1 Å². The molecule has 0 aliphatic carbocycles. The van der Waals surface area contributed by atoms with E-state index in [2.05, 4.69) is 74.6 Å². The molecule has 0 unspecified atom stereocenters. The van der Waals surface area contributed by atoms with Crippen LogP contribution in [0.1, 0.15) is 16.8 Å². The zero-order valence-electron chi connectivity index (χ0n) is 15.5. The molecule has 3 aromatic heterocycles. The van der Waals surface area contributed by atoms with Crippen LogP contribution in [0.15, 0.2) is 60.9 Å². The standard InChI is InChI=1S/C22H20N6/c1-13-8-16-11-18(4-5-19(16)26-13)27-21-17(12-25-22(23)28-21)9-14-2-3-15-6-7-24-20(15)10-14/h2-8,10-12,24,26H,9H2,1H3,(H3,23,25,27,28). The molecule has 0 bridgehead atoms. The smallest absolute Gasteiger partial charge is 0.221 e. The first-order valence-corrected chi connectivity index (χ1v) is 9.18. The summed E-state index contributed by atoms with van der Waals surface area (Å²) in [4.78, 5) is 15.2. The first-order valence-electron chi connectivity index (χ1n) is 9.18. The summed E-state index contributed by atoms with van der Waals surface area (Å²) in [6.45, 7) is 2.05. The van der Waals surface area contributed by atoms with Gasteiger partial charge in [-0.05, 0) is 54.3 Å². The number of hydrogen-bond acceptors (Lipinski definition) is 4. The monoisotopic (exact) mass is 368 g/mol. The Morgan fingerprint density at radius 3 is 2.86 bits per heavy atom. The highest BCUT2D eigenvalue weighted by atomic mass is 15.1. The maximum Gasteiger partial charge on any atom is 0.221 e. The molecule has 138 valence electrons. The van der Waals surface area contributed by atoms with Gasteiger partial charge in [0.05, 0.1) is 0 Å². The van der Waals surface area contributed by atoms with Gasteiger partial charge in [0.2, 0.25) is 5.95 Å². The maximum absolute atomic E-state index is 5.86. The summed E-state index contributed by atoms with van der Waals surface area (Å²) in [6.07, 6.45) is 4.46. The molecular formula is C22H20N6. The molecule has 0 aliphatic heterocycles. The number of nitrogen functional groups attached to an aromatic ring is 1. The average Bonchev–Trinajstić information content (AvgIpc) is 3.28. The number of nitrogens with two attached hydrogens (primary N) is 1. The Kier molecular flexibility index (Phi) is 3.76. The lowest BCUT2D eigenvalue weighted by Gasteiger charge is -2.12. The Hall–Kier alpha value is -3.80. The summed E-state index contributed by atoms with van der Waals surface area (Å²) < 4.78 is 0. The van der Waals surface area contributed by atoms with Crippen LogP contribution in [0.2, 0.25) is 0 Å². The van der Waals surface area contributed by atoms with Crippen molar-refractivity contribution in [1.29, 1.82) is 0 Å². The second kappa shape index (κ2) is 6.42. The number of fused-ring (bicyclic) bond motifs is 2. The Labute approximate surface area is 161 Å². The number of H-pyrrole nitrogens is 2. The Balaban J connectivity index is 1.48. The first kappa shape index (κ1) is 16.4. The SMILES string of the molecule is Cc1cc2cc(Nc3nc(N)ncc3Cc3ccc4cc[nH]c4c3)ccc2[nH]1. The van der Waals surface area contributed by atoms with Crippen LogP contribution in [0.4, 0.5) is 17.5 Å². The Morgan fingerprint density at radius 2 is 1.93 bits per heavy atom. The predicted molar refractivity (Wildman–Crippen MR) is 114 cm³/mol. The minimum absolute atomic E-state index is 0.254. The summed E-state index contributed by atoms with van der Waals surface area (Å²) >= 11 is 0. The zero-order valence-corrected chi connectivity index (χ0v) is 15.5. The van der Waals surface area contributed by atoms with Gasteiger partial charge in [0.1, 0.15) is 5.82 Å². The molecule has 2 aromatic carbocycles. The number of aromatic nitrogens is 4. The van der Waals surface area contributed by atoms with Gasteiger partial charge >= 0.3 is 0 Å². The molecule has 6 heteroatoms. The van der Waals surface area contributed by atoms with E-state index in [1.54, 1.807) is 6.20 Å². The van der Waals surface area contributed by atoms with E-state index in [1.807, 2.05) is 12.3 Å². The summed E-state index contributed by atoms with van der Waals surface area (Å²) in [5, 5.41) is 5.77. The van der Waals surface area contributed by atoms with Crippen LogP contribution in [-0.2, 0) is 6.42 Å². The maximum atomic E-state index is 5.86. The van der Waals surface area contributed by atoms with Crippen LogP contribution in [-0.4, -0.2) is 19.9 Å². The van der Waals surface area contributed by atoms with Crippen molar-refractivity contribution in [2.45, 2.75) is 13.3 Å². The van der Waals surface area contributed by atoms with Gasteiger partial charge in [-0.25, -0.2) is 4.98 Å². The molecular weight excluding hydrogens is 348 g/mol. The van der Waals surface area contributed by atoms with E-state index in [4.69, 9.17) is 5.73 Å². The number of nitrogens with one attached hydrogen (secondary N) is 3. The highest BCUT2D eigenvalue weighted by molar-refractivity contribution is 5.85. The molecule has 3 heterocycles. The van der Waals surface area contributed by atoms with Gasteiger partial charge in [0.15, 0.2) is 0 Å². The molecule has 0 radical (unpaired) electrons. The van der Waals surface area contributed by atoms with E-state index in [9.17, 15) is 0 Å². The van der Waals surface area contributed by atoms with E-state index < -0.39 is 0 Å². The van der Waals surface area contributed by atoms with Crippen LogP contribution in [0.3, 0.4) is 0 Å². The van der Waals surface area contributed by atoms with Crippen molar-refractivity contribution in [1.82, 2.24) is 19.9 Å². The Morgan fingerprint density at radius 1 is 1.00 bits per heavy atom. The normalized spacial score (nSPS) is 11.3. The van der Waals surface area contributed by atoms with Crippen molar-refractivity contribution in [3.05, 3.63) is 77.7 Å². The minimum atomic E-state index is 0.254. The van der Waals surface area contributed by atoms with Crippen molar-refractivity contribution < 1.29 is 0 Å². The van der Waals surface area contributed by atoms with Crippen LogP contribution in [0.5, 0.6) is 0 Å². The number of rotatable bonds is 4. The predicted octanol–water partition coefficient (Wildman–Crippen LogP) is 4.66. The third kappa shape index (κ3) is 3.05. The van der Waals surface area contributed by atoms with Crippen molar-refractivity contribution in [3.8, 4) is 0 Å². The lowest BCUT2D eigenvalue weighted by molar-refractivity contribution is 1.09. The summed E-state index contributed by atoms with van der Waals surface area (Å²) in [5.41, 5.74) is 12.4. The molecule has 0 fully saturated rings. The van der Waals surface area contributed by atoms with Crippen molar-refractivity contribution in [3.63, 3.8) is 0 Å². The number of aromatic amines is 2. The van der Waals surface area contributed by atoms with E-state index in [0.717, 1.165) is 39.2 Å². The number of benzene rings is 2. The fraction of sp³-hybridized carbons (Fsp3) is 0.0909. The van der Waals surface area contributed by atoms with Crippen LogP contribution >= 0.6 is 0 Å². The van der Waals surface area contributed by atoms with Gasteiger partial charge in [-0.2, -0.15) is 4.98 Å². The quantitative estimate of drug-likeness (QED) is 0.371. The van der Waals surface area contributed by atoms with E-state index in [-0.39, 0.29) is 5.95 Å². The number of nitrogens with zero attached hydrogens (tertiary/aromatic N) is 2. The topological polar surface area (TPSA) is 95.4 Å². The third-order valence-corrected chi connectivity index (χ3v) is 4.92. The highest BCUT2D eigenvalue weighted by Gasteiger charge is 2.09.